The summed E-state index contributed by atoms with van der Waals surface area (Å²) < 4.78 is 37.8. The Morgan fingerprint density at radius 3 is 2.09 bits per heavy atom. The van der Waals surface area contributed by atoms with Crippen LogP contribution in [0.5, 0.6) is 11.5 Å². The van der Waals surface area contributed by atoms with Crippen LogP contribution in [-0.4, -0.2) is 18.4 Å². The van der Waals surface area contributed by atoms with E-state index in [1.807, 2.05) is 6.07 Å². The molecule has 0 radical (unpaired) electrons. The number of ether oxygens (including phenoxy) is 2. The van der Waals surface area contributed by atoms with Gasteiger partial charge in [0.25, 0.3) is 0 Å². The van der Waals surface area contributed by atoms with Crippen LogP contribution in [0.2, 0.25) is 0 Å². The van der Waals surface area contributed by atoms with Crippen molar-refractivity contribution in [3.8, 4) is 11.5 Å². The van der Waals surface area contributed by atoms with Gasteiger partial charge in [0.15, 0.2) is 0 Å². The zero-order chi connectivity index (χ0) is 16.9. The second-order valence-corrected chi connectivity index (χ2v) is 4.56. The molecule has 0 heterocycles. The van der Waals surface area contributed by atoms with Crippen molar-refractivity contribution in [2.75, 3.05) is 6.61 Å². The lowest BCUT2D eigenvalue weighted by Gasteiger charge is -2.15. The number of rotatable bonds is 6. The number of carbonyl (C=O) groups is 2. The van der Waals surface area contributed by atoms with E-state index in [1.54, 1.807) is 24.3 Å². The average molecular weight is 320 g/mol. The normalized spacial score (nSPS) is 10.9. The molecular formula is C17H14F2O4. The molecule has 6 heteroatoms. The molecule has 0 aliphatic rings. The van der Waals surface area contributed by atoms with Crippen molar-refractivity contribution in [3.63, 3.8) is 0 Å². The lowest BCUT2D eigenvalue weighted by atomic mass is 10.0. The van der Waals surface area contributed by atoms with E-state index < -0.39 is 23.2 Å². The maximum absolute atomic E-state index is 14.0. The predicted molar refractivity (Wildman–Crippen MR) is 78.5 cm³/mol. The van der Waals surface area contributed by atoms with Gasteiger partial charge >= 0.3 is 17.7 Å². The van der Waals surface area contributed by atoms with Crippen LogP contribution in [0.4, 0.5) is 8.78 Å². The molecule has 0 aromatic heterocycles. The van der Waals surface area contributed by atoms with Crippen molar-refractivity contribution in [3.05, 3.63) is 60.2 Å². The first-order valence-corrected chi connectivity index (χ1v) is 6.88. The average Bonchev–Trinajstić information content (AvgIpc) is 2.56. The Morgan fingerprint density at radius 2 is 1.52 bits per heavy atom. The highest BCUT2D eigenvalue weighted by molar-refractivity contribution is 6.36. The molecule has 0 amide bonds. The molecule has 0 fully saturated rings. The van der Waals surface area contributed by atoms with Crippen molar-refractivity contribution in [1.82, 2.24) is 0 Å². The fraction of sp³-hybridized carbons (Fsp3) is 0.176. The van der Waals surface area contributed by atoms with Gasteiger partial charge in [0.1, 0.15) is 11.5 Å². The summed E-state index contributed by atoms with van der Waals surface area (Å²) in [5.41, 5.74) is -0.601. The standard InChI is InChI=1S/C17H14F2O4/c1-2-22-16(21)15(20)17(18,19)12-8-10-14(11-9-12)23-13-6-4-3-5-7-13/h3-11H,2H2,1H3. The summed E-state index contributed by atoms with van der Waals surface area (Å²) in [7, 11) is 0. The van der Waals surface area contributed by atoms with Crippen molar-refractivity contribution in [2.45, 2.75) is 12.8 Å². The Bertz CT molecular complexity index is 681. The van der Waals surface area contributed by atoms with E-state index in [9.17, 15) is 18.4 Å². The van der Waals surface area contributed by atoms with E-state index in [1.165, 1.54) is 19.1 Å². The van der Waals surface area contributed by atoms with Gasteiger partial charge in [0.2, 0.25) is 0 Å². The number of ketones is 1. The van der Waals surface area contributed by atoms with Crippen LogP contribution < -0.4 is 4.74 Å². The Kier molecular flexibility index (Phi) is 5.05. The molecule has 2 rings (SSSR count). The number of benzene rings is 2. The molecule has 0 atom stereocenters. The third-order valence-electron chi connectivity index (χ3n) is 2.94. The fourth-order valence-corrected chi connectivity index (χ4v) is 1.81. The lowest BCUT2D eigenvalue weighted by Crippen LogP contribution is -2.34. The quantitative estimate of drug-likeness (QED) is 0.601. The molecule has 0 aliphatic heterocycles. The van der Waals surface area contributed by atoms with Gasteiger partial charge in [-0.3, -0.25) is 4.79 Å². The highest BCUT2D eigenvalue weighted by Gasteiger charge is 2.45. The van der Waals surface area contributed by atoms with E-state index >= 15 is 0 Å². The number of halogens is 2. The van der Waals surface area contributed by atoms with Gasteiger partial charge in [0.05, 0.1) is 6.61 Å². The highest BCUT2D eigenvalue weighted by Crippen LogP contribution is 2.31. The summed E-state index contributed by atoms with van der Waals surface area (Å²) in [6, 6.07) is 13.5. The van der Waals surface area contributed by atoms with E-state index in [-0.39, 0.29) is 6.61 Å². The number of Topliss-reactive ketones (excluding diaryl/α,β-unsaturated/α-hetero) is 1. The zero-order valence-electron chi connectivity index (χ0n) is 12.3. The molecule has 2 aromatic carbocycles. The molecule has 2 aromatic rings. The minimum Gasteiger partial charge on any atom is -0.460 e. The van der Waals surface area contributed by atoms with Gasteiger partial charge < -0.3 is 9.47 Å². The monoisotopic (exact) mass is 320 g/mol. The van der Waals surface area contributed by atoms with Crippen molar-refractivity contribution in [1.29, 1.82) is 0 Å². The van der Waals surface area contributed by atoms with Gasteiger partial charge in [-0.05, 0) is 43.3 Å². The summed E-state index contributed by atoms with van der Waals surface area (Å²) in [5.74, 6) is -6.51. The van der Waals surface area contributed by atoms with Crippen LogP contribution in [0.3, 0.4) is 0 Å². The number of hydrogen-bond donors (Lipinski definition) is 0. The smallest absolute Gasteiger partial charge is 0.381 e. The zero-order valence-corrected chi connectivity index (χ0v) is 12.3. The first-order valence-electron chi connectivity index (χ1n) is 6.88. The van der Waals surface area contributed by atoms with Gasteiger partial charge in [0, 0.05) is 5.56 Å². The Hall–Kier alpha value is -2.76. The number of hydrogen-bond acceptors (Lipinski definition) is 4. The molecular weight excluding hydrogens is 306 g/mol. The Balaban J connectivity index is 2.15. The molecule has 23 heavy (non-hydrogen) atoms. The molecule has 0 saturated heterocycles. The molecule has 0 bridgehead atoms. The van der Waals surface area contributed by atoms with Crippen molar-refractivity contribution < 1.29 is 27.8 Å². The molecule has 0 aliphatic carbocycles. The van der Waals surface area contributed by atoms with Crippen LogP contribution in [0, 0.1) is 0 Å². The minimum atomic E-state index is -3.95. The number of carbonyl (C=O) groups excluding carboxylic acids is 2. The first kappa shape index (κ1) is 16.6. The second kappa shape index (κ2) is 7.00. The van der Waals surface area contributed by atoms with Crippen LogP contribution in [0.15, 0.2) is 54.6 Å². The van der Waals surface area contributed by atoms with E-state index in [0.29, 0.717) is 11.5 Å². The molecule has 0 saturated carbocycles. The van der Waals surface area contributed by atoms with Gasteiger partial charge in [-0.1, -0.05) is 18.2 Å². The van der Waals surface area contributed by atoms with Crippen molar-refractivity contribution >= 4 is 11.8 Å². The third kappa shape index (κ3) is 3.91. The second-order valence-electron chi connectivity index (χ2n) is 4.56. The molecule has 0 N–H and O–H groups in total. The molecule has 0 unspecified atom stereocenters. The molecule has 4 nitrogen and oxygen atoms in total. The fourth-order valence-electron chi connectivity index (χ4n) is 1.81. The van der Waals surface area contributed by atoms with Gasteiger partial charge in [-0.15, -0.1) is 0 Å². The predicted octanol–water partition coefficient (Wildman–Crippen LogP) is 3.70. The Labute approximate surface area is 131 Å². The summed E-state index contributed by atoms with van der Waals surface area (Å²) >= 11 is 0. The number of para-hydroxylation sites is 1. The summed E-state index contributed by atoms with van der Waals surface area (Å²) in [6.45, 7) is 1.28. The van der Waals surface area contributed by atoms with E-state index in [4.69, 9.17) is 4.74 Å². The summed E-state index contributed by atoms with van der Waals surface area (Å²) in [6.07, 6.45) is 0. The lowest BCUT2D eigenvalue weighted by molar-refractivity contribution is -0.166. The van der Waals surface area contributed by atoms with Crippen LogP contribution in [0.1, 0.15) is 12.5 Å². The SMILES string of the molecule is CCOC(=O)C(=O)C(F)(F)c1ccc(Oc2ccccc2)cc1. The number of esters is 1. The third-order valence-corrected chi connectivity index (χ3v) is 2.94. The molecule has 0 spiro atoms. The topological polar surface area (TPSA) is 52.6 Å². The van der Waals surface area contributed by atoms with Crippen LogP contribution in [0.25, 0.3) is 0 Å². The van der Waals surface area contributed by atoms with Crippen molar-refractivity contribution in [2.24, 2.45) is 0 Å². The van der Waals surface area contributed by atoms with E-state index in [2.05, 4.69) is 4.74 Å². The minimum absolute atomic E-state index is 0.148. The Morgan fingerprint density at radius 1 is 0.957 bits per heavy atom. The maximum atomic E-state index is 14.0. The number of alkyl halides is 2. The first-order chi connectivity index (χ1) is 10.9. The van der Waals surface area contributed by atoms with E-state index in [0.717, 1.165) is 12.1 Å². The maximum Gasteiger partial charge on any atom is 0.381 e. The van der Waals surface area contributed by atoms with Crippen LogP contribution in [-0.2, 0) is 20.2 Å². The van der Waals surface area contributed by atoms with Crippen LogP contribution >= 0.6 is 0 Å². The summed E-state index contributed by atoms with van der Waals surface area (Å²) in [5, 5.41) is 0. The van der Waals surface area contributed by atoms with Gasteiger partial charge in [-0.25, -0.2) is 4.79 Å². The van der Waals surface area contributed by atoms with Gasteiger partial charge in [-0.2, -0.15) is 8.78 Å². The summed E-state index contributed by atoms with van der Waals surface area (Å²) in [4.78, 5) is 22.7. The highest BCUT2D eigenvalue weighted by atomic mass is 19.3. The largest absolute Gasteiger partial charge is 0.460 e. The molecule has 120 valence electrons.